The molecule has 0 bridgehead atoms. The number of nitrogens with zero attached hydrogens (tertiary/aromatic N) is 2. The molecular formula is C11H14F6N4OS. The van der Waals surface area contributed by atoms with Gasteiger partial charge in [0.25, 0.3) is 0 Å². The van der Waals surface area contributed by atoms with Gasteiger partial charge in [-0.2, -0.15) is 26.3 Å². The van der Waals surface area contributed by atoms with E-state index in [0.29, 0.717) is 11.3 Å². The number of alkyl halides is 6. The van der Waals surface area contributed by atoms with Crippen LogP contribution < -0.4 is 10.6 Å². The van der Waals surface area contributed by atoms with Gasteiger partial charge in [-0.05, 0) is 20.0 Å². The number of rotatable bonds is 6. The first kappa shape index (κ1) is 19.5. The van der Waals surface area contributed by atoms with Gasteiger partial charge in [-0.25, -0.2) is 9.78 Å². The van der Waals surface area contributed by atoms with Gasteiger partial charge in [-0.15, -0.1) is 11.3 Å². The van der Waals surface area contributed by atoms with E-state index in [4.69, 9.17) is 0 Å². The number of halogens is 6. The quantitative estimate of drug-likeness (QED) is 0.602. The maximum Gasteiger partial charge on any atom is 0.434 e. The number of aromatic nitrogens is 1. The van der Waals surface area contributed by atoms with Crippen molar-refractivity contribution in [1.82, 2.24) is 15.2 Å². The van der Waals surface area contributed by atoms with Gasteiger partial charge in [0.2, 0.25) is 0 Å². The van der Waals surface area contributed by atoms with Gasteiger partial charge >= 0.3 is 18.4 Å². The van der Waals surface area contributed by atoms with Gasteiger partial charge in [0.1, 0.15) is 0 Å². The molecule has 12 heteroatoms. The van der Waals surface area contributed by atoms with E-state index in [9.17, 15) is 31.1 Å². The van der Waals surface area contributed by atoms with Crippen molar-refractivity contribution in [3.63, 3.8) is 0 Å². The zero-order valence-electron chi connectivity index (χ0n) is 11.9. The Morgan fingerprint density at radius 3 is 2.48 bits per heavy atom. The summed E-state index contributed by atoms with van der Waals surface area (Å²) in [7, 11) is 1.29. The Hall–Kier alpha value is -1.56. The third-order valence-corrected chi connectivity index (χ3v) is 3.22. The van der Waals surface area contributed by atoms with Crippen molar-refractivity contribution < 1.29 is 31.1 Å². The molecule has 1 rings (SSSR count). The Morgan fingerprint density at radius 1 is 1.30 bits per heavy atom. The minimum Gasteiger partial charge on any atom is -0.338 e. The molecular weight excluding hydrogens is 350 g/mol. The molecule has 0 unspecified atom stereocenters. The van der Waals surface area contributed by atoms with Crippen molar-refractivity contribution in [2.24, 2.45) is 0 Å². The van der Waals surface area contributed by atoms with Crippen LogP contribution in [0, 0.1) is 0 Å². The average molecular weight is 364 g/mol. The predicted molar refractivity (Wildman–Crippen MR) is 72.3 cm³/mol. The molecule has 0 saturated carbocycles. The van der Waals surface area contributed by atoms with E-state index in [-0.39, 0.29) is 24.6 Å². The molecule has 0 spiro atoms. The standard InChI is InChI=1S/C11H14F6N4OS/c1-21(6-10(12,13)14)4-2-3-18-8(22)20-9-19-7(5-23-9)11(15,16)17/h5H,2-4,6H2,1H3,(H2,18,19,20,22). The summed E-state index contributed by atoms with van der Waals surface area (Å²) in [6, 6.07) is -0.772. The molecule has 0 aliphatic rings. The molecule has 23 heavy (non-hydrogen) atoms. The molecule has 5 nitrogen and oxygen atoms in total. The van der Waals surface area contributed by atoms with Crippen LogP contribution in [-0.4, -0.2) is 48.8 Å². The molecule has 132 valence electrons. The number of carbonyl (C=O) groups is 1. The fourth-order valence-electron chi connectivity index (χ4n) is 1.54. The third-order valence-electron chi connectivity index (χ3n) is 2.47. The maximum absolute atomic E-state index is 12.3. The zero-order chi connectivity index (χ0) is 17.7. The molecule has 0 aliphatic heterocycles. The van der Waals surface area contributed by atoms with Crippen molar-refractivity contribution in [3.8, 4) is 0 Å². The highest BCUT2D eigenvalue weighted by molar-refractivity contribution is 7.13. The summed E-state index contributed by atoms with van der Waals surface area (Å²) in [5, 5.41) is 5.00. The maximum atomic E-state index is 12.3. The molecule has 0 aromatic carbocycles. The second-order valence-electron chi connectivity index (χ2n) is 4.62. The van der Waals surface area contributed by atoms with E-state index in [1.54, 1.807) is 0 Å². The van der Waals surface area contributed by atoms with Crippen molar-refractivity contribution in [2.75, 3.05) is 32.0 Å². The lowest BCUT2D eigenvalue weighted by Gasteiger charge is -2.18. The summed E-state index contributed by atoms with van der Waals surface area (Å²) in [5.41, 5.74) is -1.11. The van der Waals surface area contributed by atoms with Crippen molar-refractivity contribution >= 4 is 22.5 Å². The van der Waals surface area contributed by atoms with E-state index < -0.39 is 30.6 Å². The van der Waals surface area contributed by atoms with Crippen LogP contribution in [-0.2, 0) is 6.18 Å². The molecule has 0 atom stereocenters. The number of thiazole rings is 1. The van der Waals surface area contributed by atoms with Gasteiger partial charge in [0, 0.05) is 11.9 Å². The fourth-order valence-corrected chi connectivity index (χ4v) is 2.25. The fraction of sp³-hybridized carbons (Fsp3) is 0.636. The van der Waals surface area contributed by atoms with Crippen LogP contribution in [0.15, 0.2) is 5.38 Å². The first-order valence-corrected chi connectivity index (χ1v) is 7.18. The highest BCUT2D eigenvalue weighted by Crippen LogP contribution is 2.31. The average Bonchev–Trinajstić information content (AvgIpc) is 2.80. The molecule has 1 aromatic heterocycles. The number of urea groups is 1. The zero-order valence-corrected chi connectivity index (χ0v) is 12.7. The van der Waals surface area contributed by atoms with Crippen LogP contribution >= 0.6 is 11.3 Å². The lowest BCUT2D eigenvalue weighted by molar-refractivity contribution is -0.143. The summed E-state index contributed by atoms with van der Waals surface area (Å²) < 4.78 is 73.1. The number of hydrogen-bond acceptors (Lipinski definition) is 4. The smallest absolute Gasteiger partial charge is 0.338 e. The molecule has 0 radical (unpaired) electrons. The van der Waals surface area contributed by atoms with Crippen molar-refractivity contribution in [2.45, 2.75) is 18.8 Å². The van der Waals surface area contributed by atoms with Crippen molar-refractivity contribution in [3.05, 3.63) is 11.1 Å². The highest BCUT2D eigenvalue weighted by Gasteiger charge is 2.34. The largest absolute Gasteiger partial charge is 0.434 e. The molecule has 2 N–H and O–H groups in total. The minimum absolute atomic E-state index is 0.0749. The van der Waals surface area contributed by atoms with Crippen LogP contribution in [0.5, 0.6) is 0 Å². The summed E-state index contributed by atoms with van der Waals surface area (Å²) in [5.74, 6) is 0. The van der Waals surface area contributed by atoms with Gasteiger partial charge in [0.15, 0.2) is 10.8 Å². The van der Waals surface area contributed by atoms with E-state index in [2.05, 4.69) is 15.6 Å². The monoisotopic (exact) mass is 364 g/mol. The Morgan fingerprint density at radius 2 is 1.96 bits per heavy atom. The third kappa shape index (κ3) is 8.02. The number of nitrogens with one attached hydrogen (secondary N) is 2. The SMILES string of the molecule is CN(CCCNC(=O)Nc1nc(C(F)(F)F)cs1)CC(F)(F)F. The lowest BCUT2D eigenvalue weighted by Crippen LogP contribution is -2.34. The highest BCUT2D eigenvalue weighted by atomic mass is 32.1. The van der Waals surface area contributed by atoms with E-state index in [0.717, 1.165) is 10.3 Å². The van der Waals surface area contributed by atoms with Gasteiger partial charge < -0.3 is 5.32 Å². The number of anilines is 1. The first-order valence-electron chi connectivity index (χ1n) is 6.30. The van der Waals surface area contributed by atoms with Crippen LogP contribution in [0.4, 0.5) is 36.3 Å². The van der Waals surface area contributed by atoms with Gasteiger partial charge in [-0.1, -0.05) is 0 Å². The first-order chi connectivity index (χ1) is 10.5. The predicted octanol–water partition coefficient (Wildman–Crippen LogP) is 3.17. The second-order valence-corrected chi connectivity index (χ2v) is 5.48. The Kier molecular flexibility index (Phi) is 6.62. The van der Waals surface area contributed by atoms with E-state index >= 15 is 0 Å². The molecule has 2 amide bonds. The Labute approximate surface area is 131 Å². The summed E-state index contributed by atoms with van der Waals surface area (Å²) in [6.45, 7) is -0.876. The van der Waals surface area contributed by atoms with Crippen LogP contribution in [0.2, 0.25) is 0 Å². The van der Waals surface area contributed by atoms with Crippen LogP contribution in [0.3, 0.4) is 0 Å². The lowest BCUT2D eigenvalue weighted by atomic mass is 10.4. The minimum atomic E-state index is -4.59. The Bertz CT molecular complexity index is 515. The van der Waals surface area contributed by atoms with Crippen molar-refractivity contribution in [1.29, 1.82) is 0 Å². The van der Waals surface area contributed by atoms with Crippen LogP contribution in [0.25, 0.3) is 0 Å². The molecule has 0 aliphatic carbocycles. The summed E-state index contributed by atoms with van der Waals surface area (Å²) >= 11 is 0.619. The second kappa shape index (κ2) is 7.81. The Balaban J connectivity index is 2.26. The van der Waals surface area contributed by atoms with Gasteiger partial charge in [0.05, 0.1) is 6.54 Å². The van der Waals surface area contributed by atoms with Crippen LogP contribution in [0.1, 0.15) is 12.1 Å². The molecule has 0 fully saturated rings. The number of hydrogen-bond donors (Lipinski definition) is 2. The topological polar surface area (TPSA) is 57.3 Å². The number of carbonyl (C=O) groups excluding carboxylic acids is 1. The summed E-state index contributed by atoms with van der Waals surface area (Å²) in [4.78, 5) is 15.7. The number of amides is 2. The van der Waals surface area contributed by atoms with Gasteiger partial charge in [-0.3, -0.25) is 10.2 Å². The van der Waals surface area contributed by atoms with E-state index in [1.807, 2.05) is 0 Å². The molecule has 1 aromatic rings. The molecule has 0 saturated heterocycles. The summed E-state index contributed by atoms with van der Waals surface area (Å²) in [6.07, 6.45) is -8.62. The normalized spacial score (nSPS) is 12.5. The van der Waals surface area contributed by atoms with E-state index in [1.165, 1.54) is 7.05 Å². The molecule has 1 heterocycles.